The van der Waals surface area contributed by atoms with Crippen LogP contribution in [0.4, 0.5) is 0 Å². The van der Waals surface area contributed by atoms with Crippen LogP contribution in [0.5, 0.6) is 0 Å². The third kappa shape index (κ3) is 5.50. The van der Waals surface area contributed by atoms with Gasteiger partial charge in [-0.2, -0.15) is 0 Å². The average molecular weight is 203 g/mol. The van der Waals surface area contributed by atoms with Crippen molar-refractivity contribution in [2.24, 2.45) is 5.73 Å². The second-order valence-corrected chi connectivity index (χ2v) is 2.84. The van der Waals surface area contributed by atoms with Crippen LogP contribution in [0.3, 0.4) is 0 Å². The maximum absolute atomic E-state index is 11.1. The minimum atomic E-state index is -0.378. The molecule has 0 aromatic carbocycles. The topological polar surface area (TPSA) is 104 Å². The van der Waals surface area contributed by atoms with Crippen LogP contribution in [-0.4, -0.2) is 42.7 Å². The Hall–Kier alpha value is -1.14. The number of aliphatic hydroxyl groups is 1. The van der Waals surface area contributed by atoms with Crippen LogP contribution in [0.15, 0.2) is 0 Å². The van der Waals surface area contributed by atoms with Crippen molar-refractivity contribution in [1.82, 2.24) is 10.6 Å². The second kappa shape index (κ2) is 7.28. The first kappa shape index (κ1) is 12.9. The van der Waals surface area contributed by atoms with Gasteiger partial charge in [0.15, 0.2) is 0 Å². The number of nitrogens with two attached hydrogens (primary N) is 1. The number of nitrogens with one attached hydrogen (secondary N) is 2. The highest BCUT2D eigenvalue weighted by molar-refractivity contribution is 5.85. The Morgan fingerprint density at radius 3 is 2.50 bits per heavy atom. The Morgan fingerprint density at radius 2 is 2.07 bits per heavy atom. The van der Waals surface area contributed by atoms with Gasteiger partial charge in [0.25, 0.3) is 0 Å². The molecule has 0 spiro atoms. The van der Waals surface area contributed by atoms with Gasteiger partial charge in [-0.1, -0.05) is 6.92 Å². The van der Waals surface area contributed by atoms with E-state index in [9.17, 15) is 9.59 Å². The summed E-state index contributed by atoms with van der Waals surface area (Å²) in [6.07, 6.45) is 0.646. The number of amides is 2. The molecule has 6 heteroatoms. The molecule has 0 saturated heterocycles. The molecule has 5 N–H and O–H groups in total. The molecule has 14 heavy (non-hydrogen) atoms. The molecule has 0 aliphatic heterocycles. The number of hydrogen-bond donors (Lipinski definition) is 4. The normalized spacial score (nSPS) is 11.9. The van der Waals surface area contributed by atoms with E-state index in [1.54, 1.807) is 0 Å². The first-order valence-corrected chi connectivity index (χ1v) is 4.51. The third-order valence-electron chi connectivity index (χ3n) is 1.71. The highest BCUT2D eigenvalue weighted by Gasteiger charge is 2.09. The quantitative estimate of drug-likeness (QED) is 0.399. The van der Waals surface area contributed by atoms with Crippen LogP contribution in [0.1, 0.15) is 13.3 Å². The number of aliphatic hydroxyl groups excluding tert-OH is 1. The third-order valence-corrected chi connectivity index (χ3v) is 1.71. The van der Waals surface area contributed by atoms with E-state index < -0.39 is 0 Å². The Morgan fingerprint density at radius 1 is 1.43 bits per heavy atom. The molecule has 2 amide bonds. The van der Waals surface area contributed by atoms with Gasteiger partial charge in [0.2, 0.25) is 11.8 Å². The van der Waals surface area contributed by atoms with Crippen LogP contribution in [-0.2, 0) is 9.59 Å². The Labute approximate surface area is 82.9 Å². The molecule has 0 fully saturated rings. The Balaban J connectivity index is 3.69. The molecule has 0 heterocycles. The van der Waals surface area contributed by atoms with Gasteiger partial charge in [-0.3, -0.25) is 9.59 Å². The van der Waals surface area contributed by atoms with Gasteiger partial charge in [0.05, 0.1) is 25.7 Å². The molecule has 0 aromatic heterocycles. The highest BCUT2D eigenvalue weighted by atomic mass is 16.3. The lowest BCUT2D eigenvalue weighted by Gasteiger charge is -2.13. The summed E-state index contributed by atoms with van der Waals surface area (Å²) in [6, 6.07) is -0.253. The van der Waals surface area contributed by atoms with E-state index in [4.69, 9.17) is 10.8 Å². The zero-order chi connectivity index (χ0) is 11.0. The van der Waals surface area contributed by atoms with E-state index in [0.717, 1.165) is 0 Å². The van der Waals surface area contributed by atoms with Crippen molar-refractivity contribution in [1.29, 1.82) is 0 Å². The van der Waals surface area contributed by atoms with Gasteiger partial charge in [-0.25, -0.2) is 0 Å². The first-order chi connectivity index (χ1) is 6.63. The van der Waals surface area contributed by atoms with Crippen molar-refractivity contribution >= 4 is 11.8 Å². The van der Waals surface area contributed by atoms with E-state index in [1.165, 1.54) is 0 Å². The molecule has 0 rings (SSSR count). The van der Waals surface area contributed by atoms with Crippen molar-refractivity contribution < 1.29 is 14.7 Å². The Kier molecular flexibility index (Phi) is 6.69. The molecule has 0 radical (unpaired) electrons. The lowest BCUT2D eigenvalue weighted by molar-refractivity contribution is -0.125. The fourth-order valence-electron chi connectivity index (χ4n) is 0.807. The summed E-state index contributed by atoms with van der Waals surface area (Å²) in [4.78, 5) is 21.8. The molecule has 6 nitrogen and oxygen atoms in total. The largest absolute Gasteiger partial charge is 0.394 e. The maximum atomic E-state index is 11.1. The summed E-state index contributed by atoms with van der Waals surface area (Å²) < 4.78 is 0. The molecular weight excluding hydrogens is 186 g/mol. The summed E-state index contributed by atoms with van der Waals surface area (Å²) in [5.74, 6) is -0.704. The van der Waals surface area contributed by atoms with Gasteiger partial charge in [-0.15, -0.1) is 0 Å². The minimum absolute atomic E-state index is 0.104. The van der Waals surface area contributed by atoms with E-state index in [2.05, 4.69) is 10.6 Å². The molecule has 0 aliphatic rings. The second-order valence-electron chi connectivity index (χ2n) is 2.84. The molecular formula is C8H17N3O3. The van der Waals surface area contributed by atoms with E-state index in [0.29, 0.717) is 6.42 Å². The van der Waals surface area contributed by atoms with Crippen molar-refractivity contribution in [2.45, 2.75) is 19.4 Å². The molecule has 0 aromatic rings. The van der Waals surface area contributed by atoms with Crippen LogP contribution >= 0.6 is 0 Å². The van der Waals surface area contributed by atoms with Crippen LogP contribution in [0, 0.1) is 0 Å². The number of carbonyl (C=O) groups is 2. The van der Waals surface area contributed by atoms with Gasteiger partial charge in [-0.05, 0) is 6.42 Å². The van der Waals surface area contributed by atoms with Gasteiger partial charge >= 0.3 is 0 Å². The molecule has 0 bridgehead atoms. The summed E-state index contributed by atoms with van der Waals surface area (Å²) in [7, 11) is 0. The number of rotatable bonds is 6. The van der Waals surface area contributed by atoms with Gasteiger partial charge in [0, 0.05) is 0 Å². The highest BCUT2D eigenvalue weighted by Crippen LogP contribution is 1.87. The van der Waals surface area contributed by atoms with E-state index in [-0.39, 0.29) is 37.6 Å². The summed E-state index contributed by atoms with van der Waals surface area (Å²) >= 11 is 0. The van der Waals surface area contributed by atoms with Gasteiger partial charge < -0.3 is 21.5 Å². The minimum Gasteiger partial charge on any atom is -0.394 e. The van der Waals surface area contributed by atoms with Crippen molar-refractivity contribution in [3.63, 3.8) is 0 Å². The summed E-state index contributed by atoms with van der Waals surface area (Å²) in [5, 5.41) is 13.7. The van der Waals surface area contributed by atoms with E-state index in [1.807, 2.05) is 6.92 Å². The molecule has 1 atom stereocenters. The fourth-order valence-corrected chi connectivity index (χ4v) is 0.807. The van der Waals surface area contributed by atoms with Crippen molar-refractivity contribution in [3.8, 4) is 0 Å². The zero-order valence-corrected chi connectivity index (χ0v) is 8.25. The van der Waals surface area contributed by atoms with Crippen LogP contribution < -0.4 is 16.4 Å². The SMILES string of the molecule is CC[C@H](CO)NC(=O)CNC(=O)CN. The first-order valence-electron chi connectivity index (χ1n) is 4.51. The smallest absolute Gasteiger partial charge is 0.239 e. The summed E-state index contributed by atoms with van der Waals surface area (Å²) in [5.41, 5.74) is 5.03. The average Bonchev–Trinajstić information content (AvgIpc) is 2.22. The fraction of sp³-hybridized carbons (Fsp3) is 0.750. The molecule has 0 aliphatic carbocycles. The van der Waals surface area contributed by atoms with Crippen LogP contribution in [0.25, 0.3) is 0 Å². The number of carbonyl (C=O) groups excluding carboxylic acids is 2. The summed E-state index contributed by atoms with van der Waals surface area (Å²) in [6.45, 7) is 1.50. The van der Waals surface area contributed by atoms with Gasteiger partial charge in [0.1, 0.15) is 0 Å². The van der Waals surface area contributed by atoms with Crippen molar-refractivity contribution in [3.05, 3.63) is 0 Å². The predicted molar refractivity (Wildman–Crippen MR) is 51.4 cm³/mol. The lowest BCUT2D eigenvalue weighted by atomic mass is 10.2. The predicted octanol–water partition coefficient (Wildman–Crippen LogP) is -2.05. The monoisotopic (exact) mass is 203 g/mol. The van der Waals surface area contributed by atoms with E-state index >= 15 is 0 Å². The Bertz CT molecular complexity index is 192. The molecule has 82 valence electrons. The van der Waals surface area contributed by atoms with Crippen molar-refractivity contribution in [2.75, 3.05) is 19.7 Å². The molecule has 0 unspecified atom stereocenters. The van der Waals surface area contributed by atoms with Crippen LogP contribution in [0.2, 0.25) is 0 Å². The standard InChI is InChI=1S/C8H17N3O3/c1-2-6(5-12)11-8(14)4-10-7(13)3-9/h6,12H,2-5,9H2,1H3,(H,10,13)(H,11,14)/t6-/m1/s1. The maximum Gasteiger partial charge on any atom is 0.239 e. The zero-order valence-electron chi connectivity index (χ0n) is 8.25. The molecule has 0 saturated carbocycles. The number of hydrogen-bond acceptors (Lipinski definition) is 4. The lowest BCUT2D eigenvalue weighted by Crippen LogP contribution is -2.44.